The minimum atomic E-state index is 0.321. The van der Waals surface area contributed by atoms with Crippen LogP contribution in [0.15, 0.2) is 42.6 Å². The number of aromatic amines is 1. The number of imidazole rings is 1. The van der Waals surface area contributed by atoms with E-state index in [-0.39, 0.29) is 0 Å². The van der Waals surface area contributed by atoms with Crippen LogP contribution in [0.2, 0.25) is 0 Å². The van der Waals surface area contributed by atoms with Gasteiger partial charge in [-0.25, -0.2) is 14.2 Å². The van der Waals surface area contributed by atoms with Gasteiger partial charge in [-0.2, -0.15) is 0 Å². The van der Waals surface area contributed by atoms with Crippen LogP contribution in [-0.4, -0.2) is 24.0 Å². The number of H-pyrrole nitrogens is 1. The quantitative estimate of drug-likeness (QED) is 0.543. The van der Waals surface area contributed by atoms with Gasteiger partial charge in [-0.1, -0.05) is 12.1 Å². The van der Waals surface area contributed by atoms with E-state index < -0.39 is 0 Å². The van der Waals surface area contributed by atoms with Crippen LogP contribution < -0.4 is 5.73 Å². The monoisotopic (exact) mass is 270 g/mol. The number of hydrogen-bond acceptors (Lipinski definition) is 4. The number of para-hydroxylation sites is 2. The predicted octanol–water partition coefficient (Wildman–Crippen LogP) is 1.32. The van der Waals surface area contributed by atoms with Crippen LogP contribution in [0.25, 0.3) is 11.0 Å². The van der Waals surface area contributed by atoms with E-state index in [1.165, 1.54) is 0 Å². The minimum Gasteiger partial charge on any atom is -0.383 e. The van der Waals surface area contributed by atoms with Crippen molar-refractivity contribution < 1.29 is 4.21 Å². The van der Waals surface area contributed by atoms with Gasteiger partial charge in [0.25, 0.3) is 0 Å². The summed E-state index contributed by atoms with van der Waals surface area (Å²) < 4.78 is 11.4. The first-order valence-corrected chi connectivity index (χ1v) is 6.36. The molecule has 3 rings (SSSR count). The number of nitrogen functional groups attached to an aromatic ring is 1. The molecule has 3 N–H and O–H groups in total. The van der Waals surface area contributed by atoms with Gasteiger partial charge in [0.05, 0.1) is 11.0 Å². The first-order chi connectivity index (χ1) is 9.29. The van der Waals surface area contributed by atoms with Crippen molar-refractivity contribution in [3.63, 3.8) is 0 Å². The van der Waals surface area contributed by atoms with E-state index in [9.17, 15) is 4.21 Å². The maximum Gasteiger partial charge on any atom is 0.152 e. The SMILES string of the molecule is Nc1ncccc1C(=S=O)c1nc2ccccc2[nH]1. The van der Waals surface area contributed by atoms with E-state index in [2.05, 4.69) is 15.0 Å². The van der Waals surface area contributed by atoms with E-state index >= 15 is 0 Å². The number of nitrogens with one attached hydrogen (secondary N) is 1. The third kappa shape index (κ3) is 2.02. The van der Waals surface area contributed by atoms with E-state index in [0.717, 1.165) is 11.0 Å². The van der Waals surface area contributed by atoms with Crippen LogP contribution in [0.5, 0.6) is 0 Å². The second kappa shape index (κ2) is 4.66. The molecule has 94 valence electrons. The summed E-state index contributed by atoms with van der Waals surface area (Å²) in [7, 11) is 0. The highest BCUT2D eigenvalue weighted by molar-refractivity contribution is 7.67. The lowest BCUT2D eigenvalue weighted by atomic mass is 10.2. The van der Waals surface area contributed by atoms with Crippen molar-refractivity contribution in [1.29, 1.82) is 0 Å². The van der Waals surface area contributed by atoms with Crippen molar-refractivity contribution >= 4 is 33.0 Å². The molecule has 0 saturated carbocycles. The van der Waals surface area contributed by atoms with Gasteiger partial charge in [-0.3, -0.25) is 0 Å². The van der Waals surface area contributed by atoms with Crippen LogP contribution in [0.4, 0.5) is 5.82 Å². The number of pyridine rings is 1. The first kappa shape index (κ1) is 11.6. The molecule has 0 radical (unpaired) electrons. The molecule has 1 aromatic carbocycles. The maximum atomic E-state index is 11.4. The normalized spacial score (nSPS) is 10.5. The molecule has 0 atom stereocenters. The van der Waals surface area contributed by atoms with Gasteiger partial charge < -0.3 is 10.7 Å². The van der Waals surface area contributed by atoms with Gasteiger partial charge in [-0.05, 0) is 24.3 Å². The zero-order chi connectivity index (χ0) is 13.2. The Kier molecular flexibility index (Phi) is 2.85. The van der Waals surface area contributed by atoms with E-state index in [4.69, 9.17) is 5.73 Å². The minimum absolute atomic E-state index is 0.321. The maximum absolute atomic E-state index is 11.4. The zero-order valence-corrected chi connectivity index (χ0v) is 10.6. The molecule has 0 fully saturated rings. The summed E-state index contributed by atoms with van der Waals surface area (Å²) in [6, 6.07) is 11.1. The number of anilines is 1. The lowest BCUT2D eigenvalue weighted by Gasteiger charge is -2.02. The van der Waals surface area contributed by atoms with Crippen LogP contribution in [0.3, 0.4) is 0 Å². The van der Waals surface area contributed by atoms with E-state index in [1.54, 1.807) is 18.3 Å². The average molecular weight is 270 g/mol. The summed E-state index contributed by atoms with van der Waals surface area (Å²) in [6.07, 6.45) is 1.59. The molecule has 0 bridgehead atoms. The van der Waals surface area contributed by atoms with E-state index in [1.807, 2.05) is 24.3 Å². The van der Waals surface area contributed by atoms with Gasteiger partial charge in [-0.15, -0.1) is 0 Å². The van der Waals surface area contributed by atoms with Crippen molar-refractivity contribution in [2.75, 3.05) is 5.73 Å². The highest BCUT2D eigenvalue weighted by atomic mass is 32.1. The summed E-state index contributed by atoms with van der Waals surface area (Å²) in [4.78, 5) is 12.0. The van der Waals surface area contributed by atoms with Gasteiger partial charge >= 0.3 is 0 Å². The molecule has 3 aromatic rings. The fourth-order valence-electron chi connectivity index (χ4n) is 1.88. The molecule has 0 aliphatic rings. The molecule has 0 saturated heterocycles. The highest BCUT2D eigenvalue weighted by Crippen LogP contribution is 2.16. The van der Waals surface area contributed by atoms with Gasteiger partial charge in [0.15, 0.2) is 5.82 Å². The molecule has 19 heavy (non-hydrogen) atoms. The predicted molar refractivity (Wildman–Crippen MR) is 76.1 cm³/mol. The summed E-state index contributed by atoms with van der Waals surface area (Å²) in [5.41, 5.74) is 8.09. The molecule has 0 amide bonds. The highest BCUT2D eigenvalue weighted by Gasteiger charge is 2.14. The molecule has 0 spiro atoms. The Bertz CT molecular complexity index is 772. The number of nitrogens with two attached hydrogens (primary N) is 1. The van der Waals surface area contributed by atoms with Crippen molar-refractivity contribution in [3.8, 4) is 0 Å². The molecular formula is C13H10N4OS. The Morgan fingerprint density at radius 1 is 1.21 bits per heavy atom. The van der Waals surface area contributed by atoms with Gasteiger partial charge in [0.2, 0.25) is 0 Å². The first-order valence-electron chi connectivity index (χ1n) is 5.62. The zero-order valence-electron chi connectivity index (χ0n) is 9.83. The Hall–Kier alpha value is -2.47. The summed E-state index contributed by atoms with van der Waals surface area (Å²) in [5, 5.41) is 0. The Balaban J connectivity index is 2.19. The molecule has 0 aliphatic carbocycles. The Labute approximate surface area is 112 Å². The average Bonchev–Trinajstić information content (AvgIpc) is 2.85. The molecule has 2 aromatic heterocycles. The summed E-state index contributed by atoms with van der Waals surface area (Å²) in [5.74, 6) is 0.835. The number of benzene rings is 1. The van der Waals surface area contributed by atoms with Crippen molar-refractivity contribution in [3.05, 3.63) is 54.0 Å². The number of nitrogens with zero attached hydrogens (tertiary/aromatic N) is 2. The van der Waals surface area contributed by atoms with E-state index in [0.29, 0.717) is 33.3 Å². The van der Waals surface area contributed by atoms with Crippen LogP contribution >= 0.6 is 0 Å². The van der Waals surface area contributed by atoms with Crippen molar-refractivity contribution in [2.24, 2.45) is 0 Å². The summed E-state index contributed by atoms with van der Waals surface area (Å²) >= 11 is 0.358. The lowest BCUT2D eigenvalue weighted by molar-refractivity contribution is 0.701. The lowest BCUT2D eigenvalue weighted by Crippen LogP contribution is -2.09. The molecule has 6 heteroatoms. The topological polar surface area (TPSA) is 84.7 Å². The number of rotatable bonds is 2. The van der Waals surface area contributed by atoms with Crippen molar-refractivity contribution in [1.82, 2.24) is 15.0 Å². The molecule has 5 nitrogen and oxygen atoms in total. The second-order valence-corrected chi connectivity index (χ2v) is 4.53. The standard InChI is InChI=1S/C13H10N4OS/c14-12-8(4-3-7-15-12)11(19-18)13-16-9-5-1-2-6-10(9)17-13/h1-7H,(H2,14,15)(H,16,17). The fourth-order valence-corrected chi connectivity index (χ4v) is 2.32. The van der Waals surface area contributed by atoms with Crippen LogP contribution in [-0.2, 0) is 11.3 Å². The third-order valence-electron chi connectivity index (χ3n) is 2.77. The van der Waals surface area contributed by atoms with Gasteiger partial charge in [0, 0.05) is 11.8 Å². The second-order valence-electron chi connectivity index (χ2n) is 3.95. The number of aromatic nitrogens is 3. The van der Waals surface area contributed by atoms with Crippen LogP contribution in [0, 0.1) is 0 Å². The largest absolute Gasteiger partial charge is 0.383 e. The van der Waals surface area contributed by atoms with Gasteiger partial charge in [0.1, 0.15) is 21.9 Å². The Morgan fingerprint density at radius 2 is 2.05 bits per heavy atom. The smallest absolute Gasteiger partial charge is 0.152 e. The summed E-state index contributed by atoms with van der Waals surface area (Å²) in [6.45, 7) is 0. The molecular weight excluding hydrogens is 260 g/mol. The Morgan fingerprint density at radius 3 is 2.79 bits per heavy atom. The number of hydrogen-bond donors (Lipinski definition) is 2. The van der Waals surface area contributed by atoms with Crippen LogP contribution in [0.1, 0.15) is 11.4 Å². The van der Waals surface area contributed by atoms with Crippen molar-refractivity contribution in [2.45, 2.75) is 0 Å². The molecule has 0 aliphatic heterocycles. The molecule has 0 unspecified atom stereocenters. The molecule has 2 heterocycles. The fraction of sp³-hybridized carbons (Fsp3) is 0. The third-order valence-corrected chi connectivity index (χ3v) is 3.35. The number of fused-ring (bicyclic) bond motifs is 1.